The summed E-state index contributed by atoms with van der Waals surface area (Å²) in [5.74, 6) is 0.318. The number of carbonyl (C=O) groups is 1. The quantitative estimate of drug-likeness (QED) is 0.634. The lowest BCUT2D eigenvalue weighted by atomic mass is 10.2. The van der Waals surface area contributed by atoms with Crippen molar-refractivity contribution in [3.8, 4) is 0 Å². The molecule has 0 aromatic carbocycles. The highest BCUT2D eigenvalue weighted by atomic mass is 32.1. The van der Waals surface area contributed by atoms with Crippen LogP contribution in [0.3, 0.4) is 0 Å². The number of Topliss-reactive ketones (excluding diaryl/α,β-unsaturated/α-hetero) is 1. The van der Waals surface area contributed by atoms with Crippen LogP contribution in [0, 0.1) is 0 Å². The summed E-state index contributed by atoms with van der Waals surface area (Å²) in [6.45, 7) is 0. The first kappa shape index (κ1) is 8.88. The van der Waals surface area contributed by atoms with Gasteiger partial charge in [0.25, 0.3) is 0 Å². The third-order valence-electron chi connectivity index (χ3n) is 1.50. The van der Waals surface area contributed by atoms with Crippen molar-refractivity contribution >= 4 is 17.3 Å². The van der Waals surface area contributed by atoms with Gasteiger partial charge in [-0.3, -0.25) is 4.79 Å². The zero-order valence-electron chi connectivity index (χ0n) is 7.28. The summed E-state index contributed by atoms with van der Waals surface area (Å²) in [4.78, 5) is 13.3. The van der Waals surface area contributed by atoms with Crippen LogP contribution in [0.4, 0.5) is 0 Å². The fourth-order valence-electron chi connectivity index (χ4n) is 0.915. The second-order valence-electron chi connectivity index (χ2n) is 2.58. The topological polar surface area (TPSA) is 86.5 Å². The van der Waals surface area contributed by atoms with Gasteiger partial charge in [-0.15, -0.1) is 15.3 Å². The molecule has 0 radical (unpaired) electrons. The number of aryl methyl sites for hydroxylation is 1. The highest BCUT2D eigenvalue weighted by Gasteiger charge is 2.12. The highest BCUT2D eigenvalue weighted by Crippen LogP contribution is 2.05. The lowest BCUT2D eigenvalue weighted by Gasteiger charge is -1.89. The minimum atomic E-state index is -0.0898. The number of aromatic nitrogens is 6. The first-order chi connectivity index (χ1) is 6.75. The normalized spacial score (nSPS) is 10.4. The van der Waals surface area contributed by atoms with Crippen molar-refractivity contribution in [1.82, 2.24) is 29.8 Å². The number of hydrogen-bond donors (Lipinski definition) is 0. The first-order valence-corrected chi connectivity index (χ1v) is 4.56. The molecule has 0 saturated carbocycles. The molecule has 0 fully saturated rings. The Balaban J connectivity index is 2.09. The molecule has 0 aliphatic heterocycles. The van der Waals surface area contributed by atoms with Crippen LogP contribution < -0.4 is 0 Å². The maximum atomic E-state index is 11.5. The zero-order chi connectivity index (χ0) is 9.97. The molecule has 2 rings (SSSR count). The maximum Gasteiger partial charge on any atom is 0.183 e. The van der Waals surface area contributed by atoms with E-state index in [0.29, 0.717) is 10.7 Å². The monoisotopic (exact) mass is 210 g/mol. The summed E-state index contributed by atoms with van der Waals surface area (Å²) in [5, 5.41) is 14.8. The van der Waals surface area contributed by atoms with E-state index in [2.05, 4.69) is 25.0 Å². The number of ketones is 1. The Labute approximate surface area is 82.9 Å². The summed E-state index contributed by atoms with van der Waals surface area (Å²) >= 11 is 1.06. The second-order valence-corrected chi connectivity index (χ2v) is 3.36. The molecule has 8 heteroatoms. The van der Waals surface area contributed by atoms with Crippen LogP contribution in [-0.4, -0.2) is 35.6 Å². The summed E-state index contributed by atoms with van der Waals surface area (Å²) in [5.41, 5.74) is 0. The van der Waals surface area contributed by atoms with E-state index in [4.69, 9.17) is 0 Å². The molecule has 0 aliphatic carbocycles. The predicted molar refractivity (Wildman–Crippen MR) is 46.7 cm³/mol. The second kappa shape index (κ2) is 3.58. The minimum absolute atomic E-state index is 0.0898. The van der Waals surface area contributed by atoms with Crippen molar-refractivity contribution in [2.75, 3.05) is 0 Å². The molecule has 0 atom stereocenters. The van der Waals surface area contributed by atoms with Crippen molar-refractivity contribution in [3.63, 3.8) is 0 Å². The van der Waals surface area contributed by atoms with Gasteiger partial charge in [-0.05, 0) is 16.7 Å². The van der Waals surface area contributed by atoms with Crippen LogP contribution in [0.25, 0.3) is 0 Å². The van der Waals surface area contributed by atoms with Gasteiger partial charge >= 0.3 is 0 Å². The molecule has 72 valence electrons. The van der Waals surface area contributed by atoms with Gasteiger partial charge in [0.15, 0.2) is 11.6 Å². The van der Waals surface area contributed by atoms with Crippen molar-refractivity contribution in [1.29, 1.82) is 0 Å². The zero-order valence-corrected chi connectivity index (χ0v) is 8.10. The third kappa shape index (κ3) is 1.79. The molecule has 0 saturated heterocycles. The average Bonchev–Trinajstić information content (AvgIpc) is 2.75. The fourth-order valence-corrected chi connectivity index (χ4v) is 1.37. The Kier molecular flexibility index (Phi) is 2.27. The Morgan fingerprint density at radius 1 is 1.64 bits per heavy atom. The van der Waals surface area contributed by atoms with Gasteiger partial charge in [0.1, 0.15) is 4.88 Å². The number of tetrazole rings is 1. The number of nitrogens with zero attached hydrogens (tertiary/aromatic N) is 6. The van der Waals surface area contributed by atoms with Gasteiger partial charge in [-0.2, -0.15) is 4.80 Å². The van der Waals surface area contributed by atoms with E-state index < -0.39 is 0 Å². The number of carbonyl (C=O) groups excluding carboxylic acids is 1. The van der Waals surface area contributed by atoms with Crippen LogP contribution in [0.15, 0.2) is 6.20 Å². The van der Waals surface area contributed by atoms with Crippen molar-refractivity contribution in [2.24, 2.45) is 7.05 Å². The molecule has 7 nitrogen and oxygen atoms in total. The van der Waals surface area contributed by atoms with E-state index in [1.54, 1.807) is 7.05 Å². The molecule has 0 N–H and O–H groups in total. The molecule has 2 aromatic heterocycles. The summed E-state index contributed by atoms with van der Waals surface area (Å²) in [6, 6.07) is 0. The number of hydrogen-bond acceptors (Lipinski definition) is 7. The van der Waals surface area contributed by atoms with Crippen LogP contribution in [0.5, 0.6) is 0 Å². The number of rotatable bonds is 3. The Hall–Kier alpha value is -1.70. The molecular formula is C6H6N6OS. The predicted octanol–water partition coefficient (Wildman–Crippen LogP) is -0.513. The molecule has 2 heterocycles. The Morgan fingerprint density at radius 2 is 2.50 bits per heavy atom. The Morgan fingerprint density at radius 3 is 3.07 bits per heavy atom. The van der Waals surface area contributed by atoms with Crippen LogP contribution in [0.2, 0.25) is 0 Å². The summed E-state index contributed by atoms with van der Waals surface area (Å²) in [6.07, 6.45) is 1.57. The van der Waals surface area contributed by atoms with Crippen LogP contribution in [-0.2, 0) is 13.5 Å². The van der Waals surface area contributed by atoms with E-state index in [1.807, 2.05) is 0 Å². The van der Waals surface area contributed by atoms with Crippen LogP contribution in [0.1, 0.15) is 15.5 Å². The van der Waals surface area contributed by atoms with Crippen molar-refractivity contribution in [2.45, 2.75) is 6.42 Å². The van der Waals surface area contributed by atoms with Gasteiger partial charge in [-0.1, -0.05) is 4.49 Å². The molecule has 14 heavy (non-hydrogen) atoms. The van der Waals surface area contributed by atoms with Gasteiger partial charge in [-0.25, -0.2) is 0 Å². The molecule has 0 unspecified atom stereocenters. The smallest absolute Gasteiger partial charge is 0.183 e. The SMILES string of the molecule is Cn1nnc(CC(=O)c2cnns2)n1. The standard InChI is InChI=1S/C6H6N6OS/c1-12-9-6(8-10-12)2-4(13)5-3-7-11-14-5/h3H,2H2,1H3. The minimum Gasteiger partial charge on any atom is -0.293 e. The molecule has 0 aliphatic rings. The summed E-state index contributed by atoms with van der Waals surface area (Å²) in [7, 11) is 1.65. The molecule has 2 aromatic rings. The average molecular weight is 210 g/mol. The van der Waals surface area contributed by atoms with Crippen molar-refractivity contribution < 1.29 is 4.79 Å². The van der Waals surface area contributed by atoms with Gasteiger partial charge < -0.3 is 0 Å². The van der Waals surface area contributed by atoms with E-state index in [-0.39, 0.29) is 12.2 Å². The fraction of sp³-hybridized carbons (Fsp3) is 0.333. The lowest BCUT2D eigenvalue weighted by Crippen LogP contribution is -2.03. The molecular weight excluding hydrogens is 204 g/mol. The van der Waals surface area contributed by atoms with E-state index in [9.17, 15) is 4.79 Å². The van der Waals surface area contributed by atoms with E-state index in [1.165, 1.54) is 11.0 Å². The summed E-state index contributed by atoms with van der Waals surface area (Å²) < 4.78 is 3.60. The largest absolute Gasteiger partial charge is 0.293 e. The van der Waals surface area contributed by atoms with E-state index >= 15 is 0 Å². The Bertz CT molecular complexity index is 435. The molecule has 0 bridgehead atoms. The van der Waals surface area contributed by atoms with E-state index in [0.717, 1.165) is 11.5 Å². The highest BCUT2D eigenvalue weighted by molar-refractivity contribution is 7.07. The first-order valence-electron chi connectivity index (χ1n) is 3.79. The van der Waals surface area contributed by atoms with Crippen LogP contribution >= 0.6 is 11.5 Å². The van der Waals surface area contributed by atoms with Gasteiger partial charge in [0.05, 0.1) is 19.7 Å². The van der Waals surface area contributed by atoms with Crippen molar-refractivity contribution in [3.05, 3.63) is 16.9 Å². The lowest BCUT2D eigenvalue weighted by molar-refractivity contribution is 0.0994. The maximum absolute atomic E-state index is 11.5. The molecule has 0 spiro atoms. The third-order valence-corrected chi connectivity index (χ3v) is 2.21. The van der Waals surface area contributed by atoms with Gasteiger partial charge in [0.2, 0.25) is 0 Å². The molecule has 0 amide bonds. The van der Waals surface area contributed by atoms with Gasteiger partial charge in [0, 0.05) is 0 Å².